The molecule has 0 radical (unpaired) electrons. The number of Topliss-reactive ketones (excluding diaryl/α,β-unsaturated/α-hetero) is 1. The van der Waals surface area contributed by atoms with Gasteiger partial charge in [-0.05, 0) is 50.9 Å². The maximum absolute atomic E-state index is 12.1. The van der Waals surface area contributed by atoms with Crippen molar-refractivity contribution in [2.75, 3.05) is 0 Å². The summed E-state index contributed by atoms with van der Waals surface area (Å²) in [7, 11) is 0. The smallest absolute Gasteiger partial charge is 0.243 e. The average Bonchev–Trinajstić information content (AvgIpc) is 3.33. The molecule has 1 heterocycles. The van der Waals surface area contributed by atoms with Crippen LogP contribution in [0.5, 0.6) is 0 Å². The van der Waals surface area contributed by atoms with Crippen LogP contribution in [0.15, 0.2) is 18.7 Å². The molecule has 0 saturated heterocycles. The Balaban J connectivity index is 1.82. The van der Waals surface area contributed by atoms with Gasteiger partial charge >= 0.3 is 0 Å². The van der Waals surface area contributed by atoms with Crippen molar-refractivity contribution in [1.82, 2.24) is 4.57 Å². The minimum Gasteiger partial charge on any atom is -0.300 e. The fourth-order valence-electron chi connectivity index (χ4n) is 4.30. The van der Waals surface area contributed by atoms with Gasteiger partial charge in [0.1, 0.15) is 18.2 Å². The van der Waals surface area contributed by atoms with E-state index >= 15 is 0 Å². The number of rotatable bonds is 22. The lowest BCUT2D eigenvalue weighted by Gasteiger charge is -2.02. The highest BCUT2D eigenvalue weighted by molar-refractivity contribution is 5.78. The van der Waals surface area contributed by atoms with Crippen LogP contribution in [0, 0.1) is 23.7 Å². The van der Waals surface area contributed by atoms with Crippen LogP contribution in [0.25, 0.3) is 0 Å². The Hall–Kier alpha value is -2.00. The number of hydrogen-bond acceptors (Lipinski definition) is 1. The molecule has 1 aromatic heterocycles. The molecule has 3 heteroatoms. The van der Waals surface area contributed by atoms with Gasteiger partial charge in [-0.1, -0.05) is 89.4 Å². The molecule has 0 aliphatic rings. The van der Waals surface area contributed by atoms with Gasteiger partial charge in [0, 0.05) is 25.7 Å². The standard InChI is InChI=1S/C32H53N2O/c1-3-5-6-7-8-9-10-11-12-13-14-15-16-17-18-19-20-21-22-23-26-32(35)27-24-25-28-34-30-29-33(4-2)31-34/h29-31H,3-12,17-28H2,1-2H3/q+1. The molecule has 0 bridgehead atoms. The molecular weight excluding hydrogens is 428 g/mol. The van der Waals surface area contributed by atoms with E-state index in [4.69, 9.17) is 0 Å². The number of ketones is 1. The maximum atomic E-state index is 12.1. The van der Waals surface area contributed by atoms with Gasteiger partial charge in [-0.3, -0.25) is 4.79 Å². The lowest BCUT2D eigenvalue weighted by Crippen LogP contribution is -2.30. The fraction of sp³-hybridized carbons (Fsp3) is 0.750. The number of hydrogen-bond donors (Lipinski definition) is 0. The second-order valence-electron chi connectivity index (χ2n) is 9.93. The Morgan fingerprint density at radius 3 is 1.74 bits per heavy atom. The first-order valence-electron chi connectivity index (χ1n) is 14.8. The summed E-state index contributed by atoms with van der Waals surface area (Å²) in [6, 6.07) is 0. The third-order valence-corrected chi connectivity index (χ3v) is 6.64. The van der Waals surface area contributed by atoms with Crippen molar-refractivity contribution in [3.8, 4) is 23.7 Å². The summed E-state index contributed by atoms with van der Waals surface area (Å²) in [6.45, 7) is 6.44. The second-order valence-corrected chi connectivity index (χ2v) is 9.93. The largest absolute Gasteiger partial charge is 0.300 e. The second kappa shape index (κ2) is 23.7. The van der Waals surface area contributed by atoms with Crippen LogP contribution in [-0.2, 0) is 17.9 Å². The predicted octanol–water partition coefficient (Wildman–Crippen LogP) is 8.19. The third kappa shape index (κ3) is 19.9. The Morgan fingerprint density at radius 1 is 0.686 bits per heavy atom. The topological polar surface area (TPSA) is 25.9 Å². The first-order valence-corrected chi connectivity index (χ1v) is 14.8. The van der Waals surface area contributed by atoms with E-state index in [9.17, 15) is 4.79 Å². The summed E-state index contributed by atoms with van der Waals surface area (Å²) in [5.74, 6) is 12.9. The number of aromatic nitrogens is 2. The summed E-state index contributed by atoms with van der Waals surface area (Å²) in [5.41, 5.74) is 0. The van der Waals surface area contributed by atoms with Crippen LogP contribution in [0.2, 0.25) is 0 Å². The summed E-state index contributed by atoms with van der Waals surface area (Å²) >= 11 is 0. The van der Waals surface area contributed by atoms with Crippen molar-refractivity contribution >= 4 is 5.78 Å². The Labute approximate surface area is 217 Å². The zero-order valence-electron chi connectivity index (χ0n) is 23.1. The van der Waals surface area contributed by atoms with Crippen molar-refractivity contribution < 1.29 is 9.36 Å². The van der Waals surface area contributed by atoms with E-state index in [1.807, 2.05) is 0 Å². The van der Waals surface area contributed by atoms with Gasteiger partial charge < -0.3 is 0 Å². The summed E-state index contributed by atoms with van der Waals surface area (Å²) < 4.78 is 4.39. The van der Waals surface area contributed by atoms with Crippen molar-refractivity contribution in [3.05, 3.63) is 18.7 Å². The van der Waals surface area contributed by atoms with E-state index in [1.54, 1.807) is 0 Å². The molecule has 0 spiro atoms. The number of carbonyl (C=O) groups is 1. The van der Waals surface area contributed by atoms with Crippen LogP contribution in [0.3, 0.4) is 0 Å². The maximum Gasteiger partial charge on any atom is 0.243 e. The molecule has 1 aromatic rings. The van der Waals surface area contributed by atoms with Crippen LogP contribution in [-0.4, -0.2) is 10.4 Å². The Kier molecular flexibility index (Phi) is 21.0. The quantitative estimate of drug-likeness (QED) is 0.0931. The summed E-state index contributed by atoms with van der Waals surface area (Å²) in [6.07, 6.45) is 29.9. The number of unbranched alkanes of at least 4 members (excludes halogenated alkanes) is 15. The summed E-state index contributed by atoms with van der Waals surface area (Å²) in [4.78, 5) is 12.1. The molecule has 196 valence electrons. The number of imidazole rings is 1. The normalized spacial score (nSPS) is 10.5. The minimum atomic E-state index is 0.444. The van der Waals surface area contributed by atoms with Crippen molar-refractivity contribution in [2.24, 2.45) is 0 Å². The van der Waals surface area contributed by atoms with Gasteiger partial charge in [0.2, 0.25) is 6.33 Å². The van der Waals surface area contributed by atoms with Gasteiger partial charge in [-0.25, -0.2) is 9.13 Å². The highest BCUT2D eigenvalue weighted by Gasteiger charge is 2.04. The van der Waals surface area contributed by atoms with Crippen LogP contribution in [0.4, 0.5) is 0 Å². The molecular formula is C32H53N2O+. The number of carbonyl (C=O) groups excluding carboxylic acids is 1. The molecule has 0 aromatic carbocycles. The van der Waals surface area contributed by atoms with Gasteiger partial charge in [0.25, 0.3) is 0 Å². The van der Waals surface area contributed by atoms with Crippen molar-refractivity contribution in [2.45, 2.75) is 155 Å². The Morgan fingerprint density at radius 2 is 1.20 bits per heavy atom. The SMILES string of the molecule is CCCCCCCCCCC#CC#CCCCCCCCCC(=O)CCCC[n+]1ccn(CC)c1. The van der Waals surface area contributed by atoms with E-state index in [0.29, 0.717) is 5.78 Å². The zero-order chi connectivity index (χ0) is 25.2. The molecule has 0 atom stereocenters. The molecule has 0 aliphatic carbocycles. The van der Waals surface area contributed by atoms with E-state index in [0.717, 1.165) is 58.0 Å². The van der Waals surface area contributed by atoms with Crippen molar-refractivity contribution in [1.29, 1.82) is 0 Å². The van der Waals surface area contributed by atoms with Gasteiger partial charge in [-0.15, -0.1) is 0 Å². The first-order chi connectivity index (χ1) is 17.3. The van der Waals surface area contributed by atoms with Gasteiger partial charge in [0.15, 0.2) is 0 Å². The Bertz CT molecular complexity index is 756. The molecule has 35 heavy (non-hydrogen) atoms. The molecule has 0 aliphatic heterocycles. The fourth-order valence-corrected chi connectivity index (χ4v) is 4.30. The minimum absolute atomic E-state index is 0.444. The number of aryl methyl sites for hydroxylation is 2. The summed E-state index contributed by atoms with van der Waals surface area (Å²) in [5, 5.41) is 0. The van der Waals surface area contributed by atoms with E-state index in [1.165, 1.54) is 83.5 Å². The van der Waals surface area contributed by atoms with E-state index in [2.05, 4.69) is 65.4 Å². The predicted molar refractivity (Wildman–Crippen MR) is 149 cm³/mol. The van der Waals surface area contributed by atoms with Crippen molar-refractivity contribution in [3.63, 3.8) is 0 Å². The first kappa shape index (κ1) is 31.0. The van der Waals surface area contributed by atoms with Gasteiger partial charge in [0.05, 0.1) is 13.1 Å². The third-order valence-electron chi connectivity index (χ3n) is 6.64. The average molecular weight is 482 g/mol. The molecule has 0 unspecified atom stereocenters. The van der Waals surface area contributed by atoms with Crippen LogP contribution < -0.4 is 4.57 Å². The van der Waals surface area contributed by atoms with E-state index < -0.39 is 0 Å². The highest BCUT2D eigenvalue weighted by atomic mass is 16.1. The van der Waals surface area contributed by atoms with Crippen LogP contribution >= 0.6 is 0 Å². The highest BCUT2D eigenvalue weighted by Crippen LogP contribution is 2.11. The molecule has 0 amide bonds. The van der Waals surface area contributed by atoms with Gasteiger partial charge in [-0.2, -0.15) is 0 Å². The van der Waals surface area contributed by atoms with E-state index in [-0.39, 0.29) is 0 Å². The molecule has 1 rings (SSSR count). The zero-order valence-corrected chi connectivity index (χ0v) is 23.1. The lowest BCUT2D eigenvalue weighted by atomic mass is 10.0. The molecule has 0 N–H and O–H groups in total. The van der Waals surface area contributed by atoms with Crippen LogP contribution in [0.1, 0.15) is 142 Å². The number of nitrogens with zero attached hydrogens (tertiary/aromatic N) is 2. The lowest BCUT2D eigenvalue weighted by molar-refractivity contribution is -0.696. The molecule has 0 fully saturated rings. The molecule has 0 saturated carbocycles. The monoisotopic (exact) mass is 481 g/mol. The molecule has 3 nitrogen and oxygen atoms in total.